The van der Waals surface area contributed by atoms with Gasteiger partial charge in [-0.1, -0.05) is 80.8 Å². The van der Waals surface area contributed by atoms with Gasteiger partial charge in [-0.3, -0.25) is 0 Å². The molecule has 0 bridgehead atoms. The minimum absolute atomic E-state index is 1.19. The zero-order valence-corrected chi connectivity index (χ0v) is 13.4. The Hall–Kier alpha value is -1.56. The fraction of sp³-hybridized carbons (Fsp3) is 0.429. The second-order valence-electron chi connectivity index (χ2n) is 5.89. The number of hydrogen-bond donors (Lipinski definition) is 0. The zero-order valence-electron chi connectivity index (χ0n) is 13.4. The average Bonchev–Trinajstić information content (AvgIpc) is 2.53. The van der Waals surface area contributed by atoms with Crippen molar-refractivity contribution in [3.8, 4) is 0 Å². The largest absolute Gasteiger partial charge is 0.0885 e. The van der Waals surface area contributed by atoms with Crippen LogP contribution >= 0.6 is 0 Å². The molecule has 0 aromatic heterocycles. The predicted octanol–water partition coefficient (Wildman–Crippen LogP) is 6.69. The summed E-state index contributed by atoms with van der Waals surface area (Å²) in [6.07, 6.45) is 15.1. The third-order valence-corrected chi connectivity index (χ3v) is 4.04. The van der Waals surface area contributed by atoms with Crippen molar-refractivity contribution in [3.63, 3.8) is 0 Å². The fourth-order valence-corrected chi connectivity index (χ4v) is 2.74. The molecule has 0 aliphatic rings. The highest BCUT2D eigenvalue weighted by atomic mass is 14.0. The Kier molecular flexibility index (Phi) is 7.07. The van der Waals surface area contributed by atoms with Crippen molar-refractivity contribution in [2.45, 2.75) is 58.3 Å². The first-order valence-electron chi connectivity index (χ1n) is 8.53. The molecule has 0 aliphatic heterocycles. The number of benzene rings is 2. The minimum atomic E-state index is 1.19. The Balaban J connectivity index is 1.66. The van der Waals surface area contributed by atoms with E-state index in [1.165, 1.54) is 67.7 Å². The topological polar surface area (TPSA) is 0 Å². The Labute approximate surface area is 129 Å². The molecular formula is C21H28. The van der Waals surface area contributed by atoms with Crippen molar-refractivity contribution in [1.82, 2.24) is 0 Å². The molecule has 2 aromatic carbocycles. The van der Waals surface area contributed by atoms with E-state index in [1.54, 1.807) is 0 Å². The molecule has 21 heavy (non-hydrogen) atoms. The molecule has 0 amide bonds. The van der Waals surface area contributed by atoms with E-state index in [1.807, 2.05) is 0 Å². The van der Waals surface area contributed by atoms with Gasteiger partial charge in [-0.05, 0) is 48.4 Å². The average molecular weight is 280 g/mol. The smallest absolute Gasteiger partial charge is 0.0181 e. The van der Waals surface area contributed by atoms with Gasteiger partial charge >= 0.3 is 0 Å². The van der Waals surface area contributed by atoms with E-state index >= 15 is 0 Å². The number of hydrogen-bond acceptors (Lipinski definition) is 0. The summed E-state index contributed by atoms with van der Waals surface area (Å²) in [6, 6.07) is 15.5. The lowest BCUT2D eigenvalue weighted by molar-refractivity contribution is 0.673. The van der Waals surface area contributed by atoms with Crippen molar-refractivity contribution in [2.24, 2.45) is 0 Å². The molecule has 0 spiro atoms. The molecule has 0 saturated heterocycles. The Morgan fingerprint density at radius 1 is 0.762 bits per heavy atom. The van der Waals surface area contributed by atoms with Crippen LogP contribution in [-0.2, 0) is 6.42 Å². The van der Waals surface area contributed by atoms with Gasteiger partial charge in [0, 0.05) is 0 Å². The second-order valence-corrected chi connectivity index (χ2v) is 5.89. The van der Waals surface area contributed by atoms with Crippen LogP contribution in [-0.4, -0.2) is 0 Å². The Morgan fingerprint density at radius 2 is 1.52 bits per heavy atom. The van der Waals surface area contributed by atoms with Crippen LogP contribution in [0.1, 0.15) is 57.4 Å². The van der Waals surface area contributed by atoms with Gasteiger partial charge in [0.15, 0.2) is 0 Å². The third kappa shape index (κ3) is 5.75. The molecule has 0 aliphatic carbocycles. The number of aryl methyl sites for hydroxylation is 1. The summed E-state index contributed by atoms with van der Waals surface area (Å²) >= 11 is 0. The fourth-order valence-electron chi connectivity index (χ4n) is 2.74. The highest BCUT2D eigenvalue weighted by Crippen LogP contribution is 2.17. The summed E-state index contributed by atoms with van der Waals surface area (Å²) in [5.74, 6) is 0. The molecule has 0 unspecified atom stereocenters. The van der Waals surface area contributed by atoms with E-state index in [9.17, 15) is 0 Å². The van der Waals surface area contributed by atoms with Crippen molar-refractivity contribution in [1.29, 1.82) is 0 Å². The molecule has 112 valence electrons. The lowest BCUT2D eigenvalue weighted by Gasteiger charge is -2.03. The van der Waals surface area contributed by atoms with Crippen LogP contribution in [0.25, 0.3) is 10.8 Å². The summed E-state index contributed by atoms with van der Waals surface area (Å²) in [4.78, 5) is 0. The standard InChI is InChI=1S/C21H28/c1-2-3-4-5-6-7-8-9-10-13-19-16-17-20-14-11-12-15-21(20)18-19/h7-8,11-12,14-18H,2-6,9-10,13H2,1H3/b8-7+. The zero-order chi connectivity index (χ0) is 14.8. The normalized spacial score (nSPS) is 11.5. The van der Waals surface area contributed by atoms with Gasteiger partial charge in [-0.25, -0.2) is 0 Å². The molecule has 2 rings (SSSR count). The van der Waals surface area contributed by atoms with E-state index < -0.39 is 0 Å². The summed E-state index contributed by atoms with van der Waals surface area (Å²) in [5, 5.41) is 2.70. The SMILES string of the molecule is CCCCCC/C=C/CCCc1ccc2ccccc2c1. The number of allylic oxidation sites excluding steroid dienone is 2. The molecule has 0 heterocycles. The third-order valence-electron chi connectivity index (χ3n) is 4.04. The highest BCUT2D eigenvalue weighted by Gasteiger charge is 1.95. The van der Waals surface area contributed by atoms with E-state index in [0.29, 0.717) is 0 Å². The van der Waals surface area contributed by atoms with E-state index in [2.05, 4.69) is 61.5 Å². The van der Waals surface area contributed by atoms with Gasteiger partial charge in [0.2, 0.25) is 0 Å². The molecular weight excluding hydrogens is 252 g/mol. The maximum atomic E-state index is 2.37. The van der Waals surface area contributed by atoms with Gasteiger partial charge in [0.25, 0.3) is 0 Å². The first-order valence-corrected chi connectivity index (χ1v) is 8.53. The van der Waals surface area contributed by atoms with E-state index in [-0.39, 0.29) is 0 Å². The first-order chi connectivity index (χ1) is 10.4. The van der Waals surface area contributed by atoms with Crippen LogP contribution in [0.4, 0.5) is 0 Å². The summed E-state index contributed by atoms with van der Waals surface area (Å²) < 4.78 is 0. The molecule has 0 atom stereocenters. The molecule has 0 heteroatoms. The lowest BCUT2D eigenvalue weighted by atomic mass is 10.0. The van der Waals surface area contributed by atoms with Crippen LogP contribution < -0.4 is 0 Å². The Morgan fingerprint density at radius 3 is 2.33 bits per heavy atom. The van der Waals surface area contributed by atoms with Crippen LogP contribution in [0.5, 0.6) is 0 Å². The molecule has 0 nitrogen and oxygen atoms in total. The van der Waals surface area contributed by atoms with Crippen LogP contribution in [0.15, 0.2) is 54.6 Å². The minimum Gasteiger partial charge on any atom is -0.0885 e. The van der Waals surface area contributed by atoms with Gasteiger partial charge in [-0.15, -0.1) is 0 Å². The highest BCUT2D eigenvalue weighted by molar-refractivity contribution is 5.82. The lowest BCUT2D eigenvalue weighted by Crippen LogP contribution is -1.85. The van der Waals surface area contributed by atoms with Crippen LogP contribution in [0.2, 0.25) is 0 Å². The maximum Gasteiger partial charge on any atom is -0.0181 e. The molecule has 2 aromatic rings. The van der Waals surface area contributed by atoms with Crippen LogP contribution in [0, 0.1) is 0 Å². The molecule has 0 N–H and O–H groups in total. The van der Waals surface area contributed by atoms with Crippen molar-refractivity contribution >= 4 is 10.8 Å². The number of fused-ring (bicyclic) bond motifs is 1. The molecule has 0 fully saturated rings. The van der Waals surface area contributed by atoms with E-state index in [4.69, 9.17) is 0 Å². The van der Waals surface area contributed by atoms with Crippen molar-refractivity contribution in [2.75, 3.05) is 0 Å². The monoisotopic (exact) mass is 280 g/mol. The number of unbranched alkanes of at least 4 members (excludes halogenated alkanes) is 5. The van der Waals surface area contributed by atoms with Crippen molar-refractivity contribution < 1.29 is 0 Å². The van der Waals surface area contributed by atoms with E-state index in [0.717, 1.165) is 0 Å². The van der Waals surface area contributed by atoms with Crippen LogP contribution in [0.3, 0.4) is 0 Å². The molecule has 0 radical (unpaired) electrons. The Bertz CT molecular complexity index is 551. The quantitative estimate of drug-likeness (QED) is 0.354. The predicted molar refractivity (Wildman–Crippen MR) is 94.8 cm³/mol. The second kappa shape index (κ2) is 9.39. The van der Waals surface area contributed by atoms with Gasteiger partial charge < -0.3 is 0 Å². The van der Waals surface area contributed by atoms with Gasteiger partial charge in [0.05, 0.1) is 0 Å². The van der Waals surface area contributed by atoms with Gasteiger partial charge in [-0.2, -0.15) is 0 Å². The summed E-state index contributed by atoms with van der Waals surface area (Å²) in [5.41, 5.74) is 1.46. The maximum absolute atomic E-state index is 2.37. The summed E-state index contributed by atoms with van der Waals surface area (Å²) in [6.45, 7) is 2.27. The first kappa shape index (κ1) is 15.8. The van der Waals surface area contributed by atoms with Gasteiger partial charge in [0.1, 0.15) is 0 Å². The summed E-state index contributed by atoms with van der Waals surface area (Å²) in [7, 11) is 0. The number of rotatable bonds is 9. The van der Waals surface area contributed by atoms with Crippen molar-refractivity contribution in [3.05, 3.63) is 60.2 Å². The molecule has 0 saturated carbocycles.